The van der Waals surface area contributed by atoms with Crippen LogP contribution in [0, 0.1) is 0 Å². The van der Waals surface area contributed by atoms with Crippen LogP contribution in [0.5, 0.6) is 5.75 Å². The van der Waals surface area contributed by atoms with Crippen molar-refractivity contribution >= 4 is 50.0 Å². The highest BCUT2D eigenvalue weighted by atomic mass is 35.5. The maximum atomic E-state index is 12.3. The van der Waals surface area contributed by atoms with Gasteiger partial charge in [-0.05, 0) is 36.4 Å². The lowest BCUT2D eigenvalue weighted by atomic mass is 10.1. The summed E-state index contributed by atoms with van der Waals surface area (Å²) in [5.74, 6) is 0.296. The number of nitrogens with zero attached hydrogens (tertiary/aromatic N) is 2. The van der Waals surface area contributed by atoms with Gasteiger partial charge >= 0.3 is 5.97 Å². The van der Waals surface area contributed by atoms with E-state index in [1.54, 1.807) is 36.9 Å². The Labute approximate surface area is 158 Å². The number of fused-ring (bicyclic) bond motifs is 2. The van der Waals surface area contributed by atoms with Gasteiger partial charge in [-0.2, -0.15) is 0 Å². The first-order valence-corrected chi connectivity index (χ1v) is 9.03. The molecule has 4 rings (SSSR count). The SMILES string of the molecule is COc1ccc2cc(COC(=O)c3ccc4ncsc4c3)c(Cl)nc2c1. The molecule has 0 bridgehead atoms. The molecule has 0 aliphatic carbocycles. The summed E-state index contributed by atoms with van der Waals surface area (Å²) in [4.78, 5) is 20.9. The molecular weight excluding hydrogens is 372 g/mol. The number of halogens is 1. The van der Waals surface area contributed by atoms with Crippen molar-refractivity contribution in [2.24, 2.45) is 0 Å². The van der Waals surface area contributed by atoms with E-state index >= 15 is 0 Å². The Morgan fingerprint density at radius 3 is 2.88 bits per heavy atom. The number of thiazole rings is 1. The molecule has 0 saturated carbocycles. The maximum absolute atomic E-state index is 12.3. The molecular formula is C19H13ClN2O3S. The largest absolute Gasteiger partial charge is 0.497 e. The Kier molecular flexibility index (Phi) is 4.44. The molecule has 0 fully saturated rings. The van der Waals surface area contributed by atoms with Gasteiger partial charge < -0.3 is 9.47 Å². The third-order valence-corrected chi connectivity index (χ3v) is 5.10. The van der Waals surface area contributed by atoms with Gasteiger partial charge in [0, 0.05) is 17.0 Å². The Balaban J connectivity index is 1.54. The number of methoxy groups -OCH3 is 1. The van der Waals surface area contributed by atoms with E-state index in [2.05, 4.69) is 9.97 Å². The molecule has 0 atom stereocenters. The summed E-state index contributed by atoms with van der Waals surface area (Å²) in [7, 11) is 1.60. The average Bonchev–Trinajstić information content (AvgIpc) is 3.13. The molecule has 26 heavy (non-hydrogen) atoms. The average molecular weight is 385 g/mol. The molecule has 2 aromatic carbocycles. The van der Waals surface area contributed by atoms with Crippen LogP contribution in [0.25, 0.3) is 21.1 Å². The molecule has 130 valence electrons. The second-order valence-corrected chi connectivity index (χ2v) is 6.85. The van der Waals surface area contributed by atoms with E-state index < -0.39 is 5.97 Å². The Hall–Kier alpha value is -2.70. The van der Waals surface area contributed by atoms with Crippen molar-refractivity contribution in [1.29, 1.82) is 0 Å². The third-order valence-electron chi connectivity index (χ3n) is 3.98. The highest BCUT2D eigenvalue weighted by Gasteiger charge is 2.12. The number of hydrogen-bond acceptors (Lipinski definition) is 6. The number of carbonyl (C=O) groups is 1. The monoisotopic (exact) mass is 384 g/mol. The molecule has 0 spiro atoms. The van der Waals surface area contributed by atoms with E-state index in [4.69, 9.17) is 21.1 Å². The first-order valence-electron chi connectivity index (χ1n) is 7.77. The van der Waals surface area contributed by atoms with E-state index in [0.29, 0.717) is 22.0 Å². The lowest BCUT2D eigenvalue weighted by molar-refractivity contribution is 0.0473. The minimum atomic E-state index is -0.411. The molecule has 0 radical (unpaired) electrons. The van der Waals surface area contributed by atoms with Crippen LogP contribution < -0.4 is 4.74 Å². The van der Waals surface area contributed by atoms with Crippen molar-refractivity contribution in [3.8, 4) is 5.75 Å². The molecule has 0 unspecified atom stereocenters. The van der Waals surface area contributed by atoms with E-state index in [-0.39, 0.29) is 6.61 Å². The second kappa shape index (κ2) is 6.90. The minimum Gasteiger partial charge on any atom is -0.497 e. The number of rotatable bonds is 4. The molecule has 0 amide bonds. The molecule has 0 saturated heterocycles. The van der Waals surface area contributed by atoms with Crippen molar-refractivity contribution in [2.75, 3.05) is 7.11 Å². The third kappa shape index (κ3) is 3.21. The summed E-state index contributed by atoms with van der Waals surface area (Å²) in [6, 6.07) is 12.7. The lowest BCUT2D eigenvalue weighted by Crippen LogP contribution is -2.06. The molecule has 2 heterocycles. The van der Waals surface area contributed by atoms with Crippen LogP contribution in [0.3, 0.4) is 0 Å². The fourth-order valence-electron chi connectivity index (χ4n) is 2.60. The molecule has 4 aromatic rings. The first-order chi connectivity index (χ1) is 12.6. The van der Waals surface area contributed by atoms with Gasteiger partial charge in [0.1, 0.15) is 17.5 Å². The van der Waals surface area contributed by atoms with Gasteiger partial charge in [0.2, 0.25) is 0 Å². The van der Waals surface area contributed by atoms with Gasteiger partial charge in [-0.15, -0.1) is 11.3 Å². The topological polar surface area (TPSA) is 61.3 Å². The van der Waals surface area contributed by atoms with E-state index in [1.807, 2.05) is 18.2 Å². The molecule has 7 heteroatoms. The summed E-state index contributed by atoms with van der Waals surface area (Å²) in [6.45, 7) is 0.0490. The number of aromatic nitrogens is 2. The number of pyridine rings is 1. The van der Waals surface area contributed by atoms with Gasteiger partial charge in [-0.3, -0.25) is 0 Å². The van der Waals surface area contributed by atoms with E-state index in [1.165, 1.54) is 11.3 Å². The van der Waals surface area contributed by atoms with Gasteiger partial charge in [0.05, 0.1) is 33.9 Å². The molecule has 0 N–H and O–H groups in total. The lowest BCUT2D eigenvalue weighted by Gasteiger charge is -2.09. The normalized spacial score (nSPS) is 11.0. The molecule has 5 nitrogen and oxygen atoms in total. The zero-order chi connectivity index (χ0) is 18.1. The molecule has 0 aliphatic heterocycles. The van der Waals surface area contributed by atoms with E-state index in [9.17, 15) is 4.79 Å². The summed E-state index contributed by atoms with van der Waals surface area (Å²) >= 11 is 7.72. The highest BCUT2D eigenvalue weighted by molar-refractivity contribution is 7.16. The van der Waals surface area contributed by atoms with Crippen molar-refractivity contribution in [3.63, 3.8) is 0 Å². The molecule has 2 aromatic heterocycles. The van der Waals surface area contributed by atoms with Crippen molar-refractivity contribution in [1.82, 2.24) is 9.97 Å². The van der Waals surface area contributed by atoms with Gasteiger partial charge in [0.25, 0.3) is 0 Å². The summed E-state index contributed by atoms with van der Waals surface area (Å²) in [5, 5.41) is 1.20. The van der Waals surface area contributed by atoms with Crippen molar-refractivity contribution in [2.45, 2.75) is 6.61 Å². The van der Waals surface area contributed by atoms with Crippen LogP contribution in [0.2, 0.25) is 5.15 Å². The van der Waals surface area contributed by atoms with Crippen LogP contribution in [-0.4, -0.2) is 23.0 Å². The minimum absolute atomic E-state index is 0.0490. The Morgan fingerprint density at radius 2 is 2.04 bits per heavy atom. The standard InChI is InChI=1S/C19H13ClN2O3S/c1-24-14-4-2-11-6-13(18(20)22-16(11)8-14)9-25-19(23)12-3-5-15-17(7-12)26-10-21-15/h2-8,10H,9H2,1H3. The van der Waals surface area contributed by atoms with Gasteiger partial charge in [0.15, 0.2) is 0 Å². The van der Waals surface area contributed by atoms with Crippen LogP contribution >= 0.6 is 22.9 Å². The highest BCUT2D eigenvalue weighted by Crippen LogP contribution is 2.25. The number of carbonyl (C=O) groups excluding carboxylic acids is 1. The summed E-state index contributed by atoms with van der Waals surface area (Å²) in [5.41, 5.74) is 4.46. The van der Waals surface area contributed by atoms with Gasteiger partial charge in [-0.25, -0.2) is 14.8 Å². The van der Waals surface area contributed by atoms with E-state index in [0.717, 1.165) is 21.1 Å². The van der Waals surface area contributed by atoms with Crippen LogP contribution in [0.15, 0.2) is 48.0 Å². The van der Waals surface area contributed by atoms with Gasteiger partial charge in [-0.1, -0.05) is 11.6 Å². The fraction of sp³-hybridized carbons (Fsp3) is 0.105. The smallest absolute Gasteiger partial charge is 0.338 e. The number of esters is 1. The Bertz CT molecular complexity index is 1130. The zero-order valence-corrected chi connectivity index (χ0v) is 15.3. The summed E-state index contributed by atoms with van der Waals surface area (Å²) in [6.07, 6.45) is 0. The van der Waals surface area contributed by atoms with Crippen LogP contribution in [-0.2, 0) is 11.3 Å². The predicted molar refractivity (Wildman–Crippen MR) is 102 cm³/mol. The number of hydrogen-bond donors (Lipinski definition) is 0. The Morgan fingerprint density at radius 1 is 1.15 bits per heavy atom. The van der Waals surface area contributed by atoms with Crippen LogP contribution in [0.1, 0.15) is 15.9 Å². The number of benzene rings is 2. The molecule has 0 aliphatic rings. The predicted octanol–water partition coefficient (Wildman–Crippen LogP) is 4.86. The maximum Gasteiger partial charge on any atom is 0.338 e. The second-order valence-electron chi connectivity index (χ2n) is 5.61. The van der Waals surface area contributed by atoms with Crippen LogP contribution in [0.4, 0.5) is 0 Å². The van der Waals surface area contributed by atoms with Crippen molar-refractivity contribution < 1.29 is 14.3 Å². The fourth-order valence-corrected chi connectivity index (χ4v) is 3.52. The quantitative estimate of drug-likeness (QED) is 0.371. The van der Waals surface area contributed by atoms with Crippen molar-refractivity contribution in [3.05, 3.63) is 64.3 Å². The summed E-state index contributed by atoms with van der Waals surface area (Å²) < 4.78 is 11.5. The zero-order valence-electron chi connectivity index (χ0n) is 13.7. The number of ether oxygens (including phenoxy) is 2. The first kappa shape index (κ1) is 16.8.